The third-order valence-electron chi connectivity index (χ3n) is 7.46. The Morgan fingerprint density at radius 2 is 1.05 bits per heavy atom. The second-order valence-corrected chi connectivity index (χ2v) is 11.7. The van der Waals surface area contributed by atoms with Gasteiger partial charge in [-0.25, -0.2) is 0 Å². The molecule has 4 heteroatoms. The van der Waals surface area contributed by atoms with Gasteiger partial charge in [-0.2, -0.15) is 0 Å². The molecule has 0 aromatic rings. The second-order valence-electron chi connectivity index (χ2n) is 11.7. The highest BCUT2D eigenvalue weighted by Crippen LogP contribution is 2.15. The van der Waals surface area contributed by atoms with Crippen LogP contribution in [0.25, 0.3) is 0 Å². The van der Waals surface area contributed by atoms with E-state index in [1.807, 2.05) is 0 Å². The minimum Gasteiger partial charge on any atom is -0.481 e. The molecule has 0 aliphatic carbocycles. The molecule has 0 fully saturated rings. The lowest BCUT2D eigenvalue weighted by molar-refractivity contribution is -0.147. The normalized spacial score (nSPS) is 13.0. The molecule has 0 rings (SSSR count). The molecule has 0 radical (unpaired) electrons. The summed E-state index contributed by atoms with van der Waals surface area (Å²) in [7, 11) is 0. The van der Waals surface area contributed by atoms with Crippen LogP contribution in [0.5, 0.6) is 0 Å². The van der Waals surface area contributed by atoms with E-state index in [4.69, 9.17) is 9.84 Å². The molecule has 246 valence electrons. The molecule has 0 bridgehead atoms. The highest BCUT2D eigenvalue weighted by atomic mass is 16.5. The molecule has 1 N–H and O–H groups in total. The lowest BCUT2D eigenvalue weighted by Gasteiger charge is -2.14. The molecule has 0 spiro atoms. The van der Waals surface area contributed by atoms with E-state index in [1.54, 1.807) is 0 Å². The zero-order valence-electron chi connectivity index (χ0n) is 28.0. The van der Waals surface area contributed by atoms with Gasteiger partial charge in [-0.15, -0.1) is 0 Å². The molecule has 0 aliphatic rings. The van der Waals surface area contributed by atoms with E-state index in [0.717, 1.165) is 89.9 Å². The molecular weight excluding hydrogens is 532 g/mol. The summed E-state index contributed by atoms with van der Waals surface area (Å²) in [4.78, 5) is 23.2. The number of carbonyl (C=O) groups is 2. The average molecular weight is 599 g/mol. The van der Waals surface area contributed by atoms with Gasteiger partial charge in [0.25, 0.3) is 0 Å². The first-order chi connectivity index (χ1) is 21.1. The van der Waals surface area contributed by atoms with E-state index in [2.05, 4.69) is 74.6 Å². The van der Waals surface area contributed by atoms with Crippen LogP contribution in [-0.4, -0.2) is 23.1 Å². The fourth-order valence-electron chi connectivity index (χ4n) is 4.85. The number of rotatable bonds is 31. The molecular formula is C39H66O4. The number of allylic oxidation sites excluding steroid dienone is 9. The van der Waals surface area contributed by atoms with Crippen LogP contribution >= 0.6 is 0 Å². The molecule has 0 aliphatic heterocycles. The van der Waals surface area contributed by atoms with Crippen LogP contribution in [0.1, 0.15) is 168 Å². The summed E-state index contributed by atoms with van der Waals surface area (Å²) in [6, 6.07) is 0. The maximum atomic E-state index is 12.6. The number of ether oxygens (including phenoxy) is 1. The van der Waals surface area contributed by atoms with Gasteiger partial charge in [0.15, 0.2) is 0 Å². The van der Waals surface area contributed by atoms with Gasteiger partial charge in [-0.3, -0.25) is 9.59 Å². The minimum absolute atomic E-state index is 0.0788. The third-order valence-corrected chi connectivity index (χ3v) is 7.46. The average Bonchev–Trinajstić information content (AvgIpc) is 2.99. The molecule has 0 aromatic carbocycles. The lowest BCUT2D eigenvalue weighted by Crippen LogP contribution is -2.16. The van der Waals surface area contributed by atoms with Crippen molar-refractivity contribution in [2.45, 2.75) is 174 Å². The Labute approximate surface area is 265 Å². The van der Waals surface area contributed by atoms with Gasteiger partial charge in [0.1, 0.15) is 6.10 Å². The minimum atomic E-state index is -0.709. The van der Waals surface area contributed by atoms with Crippen molar-refractivity contribution < 1.29 is 19.4 Å². The fraction of sp³-hybridized carbons (Fsp3) is 0.692. The zero-order valence-corrected chi connectivity index (χ0v) is 28.0. The quantitative estimate of drug-likeness (QED) is 0.0490. The maximum absolute atomic E-state index is 12.6. The summed E-state index contributed by atoms with van der Waals surface area (Å²) in [5.74, 6) is -0.788. The molecule has 4 nitrogen and oxygen atoms in total. The third kappa shape index (κ3) is 34.0. The molecule has 1 unspecified atom stereocenters. The maximum Gasteiger partial charge on any atom is 0.306 e. The van der Waals surface area contributed by atoms with E-state index >= 15 is 0 Å². The van der Waals surface area contributed by atoms with Gasteiger partial charge in [-0.1, -0.05) is 133 Å². The number of carboxylic acids is 1. The van der Waals surface area contributed by atoms with E-state index in [1.165, 1.54) is 51.4 Å². The van der Waals surface area contributed by atoms with Crippen LogP contribution in [0.2, 0.25) is 0 Å². The Morgan fingerprint density at radius 1 is 0.558 bits per heavy atom. The van der Waals surface area contributed by atoms with Crippen LogP contribution in [-0.2, 0) is 14.3 Å². The number of carbonyl (C=O) groups excluding carboxylic acids is 1. The van der Waals surface area contributed by atoms with Crippen molar-refractivity contribution in [3.63, 3.8) is 0 Å². The number of aliphatic carboxylic acids is 1. The Morgan fingerprint density at radius 3 is 1.65 bits per heavy atom. The molecule has 0 heterocycles. The zero-order chi connectivity index (χ0) is 31.5. The number of hydrogen-bond donors (Lipinski definition) is 1. The largest absolute Gasteiger partial charge is 0.481 e. The van der Waals surface area contributed by atoms with Crippen LogP contribution in [0.15, 0.2) is 60.8 Å². The topological polar surface area (TPSA) is 63.6 Å². The van der Waals surface area contributed by atoms with E-state index in [0.29, 0.717) is 6.42 Å². The van der Waals surface area contributed by atoms with Gasteiger partial charge in [0, 0.05) is 12.8 Å². The predicted molar refractivity (Wildman–Crippen MR) is 185 cm³/mol. The monoisotopic (exact) mass is 598 g/mol. The highest BCUT2D eigenvalue weighted by molar-refractivity contribution is 5.69. The number of unbranched alkanes of at least 4 members (excludes halogenated alkanes) is 14. The Hall–Kier alpha value is -2.36. The molecule has 0 saturated carbocycles. The van der Waals surface area contributed by atoms with Crippen LogP contribution in [0, 0.1) is 0 Å². The highest BCUT2D eigenvalue weighted by Gasteiger charge is 2.11. The molecule has 0 amide bonds. The standard InChI is InChI=1S/C39H66O4/c1-3-5-7-9-11-13-14-15-16-17-18-19-20-22-28-32-36-39(42)43-37(33-29-25-21-12-10-8-6-4-2)34-30-26-23-24-27-31-35-38(40)41/h6,8,12-14,16-17,21,29,33,37H,3-5,7,9-11,15,18-20,22-28,30-32,34-36H2,1-2H3,(H,40,41)/b8-6-,14-13-,17-16-,21-12-,33-29-. The Kier molecular flexibility index (Phi) is 32.3. The van der Waals surface area contributed by atoms with Gasteiger partial charge in [0.05, 0.1) is 0 Å². The number of carboxylic acid groups (broad SMARTS) is 1. The number of hydrogen-bond acceptors (Lipinski definition) is 3. The smallest absolute Gasteiger partial charge is 0.306 e. The predicted octanol–water partition coefficient (Wildman–Crippen LogP) is 12.2. The van der Waals surface area contributed by atoms with Gasteiger partial charge < -0.3 is 9.84 Å². The summed E-state index contributed by atoms with van der Waals surface area (Å²) in [6.45, 7) is 4.39. The van der Waals surface area contributed by atoms with Gasteiger partial charge in [0.2, 0.25) is 0 Å². The summed E-state index contributed by atoms with van der Waals surface area (Å²) < 4.78 is 5.86. The first-order valence-electron chi connectivity index (χ1n) is 17.8. The number of esters is 1. The summed E-state index contributed by atoms with van der Waals surface area (Å²) >= 11 is 0. The van der Waals surface area contributed by atoms with Crippen molar-refractivity contribution in [1.29, 1.82) is 0 Å². The lowest BCUT2D eigenvalue weighted by atomic mass is 10.1. The van der Waals surface area contributed by atoms with Crippen molar-refractivity contribution >= 4 is 11.9 Å². The van der Waals surface area contributed by atoms with Gasteiger partial charge in [-0.05, 0) is 83.1 Å². The van der Waals surface area contributed by atoms with Crippen molar-refractivity contribution in [3.05, 3.63) is 60.8 Å². The van der Waals surface area contributed by atoms with Crippen LogP contribution in [0.3, 0.4) is 0 Å². The summed E-state index contributed by atoms with van der Waals surface area (Å²) in [6.07, 6.45) is 46.8. The Bertz CT molecular complexity index is 774. The van der Waals surface area contributed by atoms with E-state index in [9.17, 15) is 9.59 Å². The first kappa shape index (κ1) is 40.6. The molecule has 1 atom stereocenters. The van der Waals surface area contributed by atoms with Crippen molar-refractivity contribution in [1.82, 2.24) is 0 Å². The van der Waals surface area contributed by atoms with E-state index < -0.39 is 5.97 Å². The first-order valence-corrected chi connectivity index (χ1v) is 17.8. The molecule has 0 aromatic heterocycles. The Balaban J connectivity index is 4.15. The van der Waals surface area contributed by atoms with Crippen molar-refractivity contribution in [2.75, 3.05) is 0 Å². The van der Waals surface area contributed by atoms with Gasteiger partial charge >= 0.3 is 11.9 Å². The summed E-state index contributed by atoms with van der Waals surface area (Å²) in [5.41, 5.74) is 0. The van der Waals surface area contributed by atoms with Crippen LogP contribution < -0.4 is 0 Å². The van der Waals surface area contributed by atoms with Crippen LogP contribution in [0.4, 0.5) is 0 Å². The summed E-state index contributed by atoms with van der Waals surface area (Å²) in [5, 5.41) is 8.75. The SMILES string of the molecule is CC/C=C\C/C=C\C/C=C\C(CCCCCCCCC(=O)O)OC(=O)CCCCCCC/C=C\C/C=C\CCCCCC. The second kappa shape index (κ2) is 34.1. The molecule has 0 saturated heterocycles. The van der Waals surface area contributed by atoms with E-state index in [-0.39, 0.29) is 18.5 Å². The molecule has 43 heavy (non-hydrogen) atoms. The fourth-order valence-corrected chi connectivity index (χ4v) is 4.85. The van der Waals surface area contributed by atoms with Crippen molar-refractivity contribution in [2.24, 2.45) is 0 Å². The van der Waals surface area contributed by atoms with Crippen molar-refractivity contribution in [3.8, 4) is 0 Å².